The number of aryl methyl sites for hydroxylation is 1. The van der Waals surface area contributed by atoms with Crippen molar-refractivity contribution >= 4 is 56.6 Å². The number of halogens is 2. The number of phenolic OH excluding ortho intramolecular Hbond substituents is 1. The number of rotatable bonds is 16. The molecule has 3 amide bonds. The Labute approximate surface area is 444 Å². The predicted octanol–water partition coefficient (Wildman–Crippen LogP) is 6.86. The summed E-state index contributed by atoms with van der Waals surface area (Å²) in [5.41, 5.74) is 4.01. The molecule has 4 fully saturated rings. The van der Waals surface area contributed by atoms with Gasteiger partial charge in [0.25, 0.3) is 0 Å². The Morgan fingerprint density at radius 1 is 1.01 bits per heavy atom. The third-order valence-corrected chi connectivity index (χ3v) is 16.5. The van der Waals surface area contributed by atoms with Crippen LogP contribution < -0.4 is 25.6 Å². The smallest absolute Gasteiger partial charge is 0.319 e. The Balaban J connectivity index is 0.771. The molecule has 6 aromatic rings. The number of carbonyl (C=O) groups excluding carboxylic acids is 3. The maximum atomic E-state index is 17.1. The predicted molar refractivity (Wildman–Crippen MR) is 287 cm³/mol. The minimum absolute atomic E-state index is 0.00529. The molecular weight excluding hydrogens is 991 g/mol. The monoisotopic (exact) mass is 1050 g/mol. The summed E-state index contributed by atoms with van der Waals surface area (Å²) in [6.07, 6.45) is 11.1. The number of ether oxygens (including phenoxy) is 1. The zero-order valence-corrected chi connectivity index (χ0v) is 44.1. The first-order valence-electron chi connectivity index (χ1n) is 26.2. The van der Waals surface area contributed by atoms with E-state index in [1.165, 1.54) is 35.4 Å². The van der Waals surface area contributed by atoms with E-state index in [0.29, 0.717) is 42.6 Å². The molecule has 2 bridgehead atoms. The van der Waals surface area contributed by atoms with Gasteiger partial charge < -0.3 is 40.7 Å². The van der Waals surface area contributed by atoms with Gasteiger partial charge in [0.2, 0.25) is 17.7 Å². The number of benzene rings is 3. The molecule has 76 heavy (non-hydrogen) atoms. The van der Waals surface area contributed by atoms with Crippen LogP contribution in [0.25, 0.3) is 43.4 Å². The number of carbonyl (C=O) groups is 3. The Morgan fingerprint density at radius 2 is 1.79 bits per heavy atom. The molecular formula is C57H64F2N10O6S. The number of aliphatic hydroxyl groups excluding tert-OH is 1. The molecule has 4 saturated heterocycles. The largest absolute Gasteiger partial charge is 0.508 e. The van der Waals surface area contributed by atoms with Crippen LogP contribution in [0.3, 0.4) is 0 Å². The highest BCUT2D eigenvalue weighted by Gasteiger charge is 2.44. The number of hydrogen-bond donors (Lipinski definition) is 5. The fourth-order valence-electron chi connectivity index (χ4n) is 11.5. The number of fused-ring (bicyclic) bond motifs is 4. The highest BCUT2D eigenvalue weighted by molar-refractivity contribution is 7.13. The number of pyridine rings is 1. The van der Waals surface area contributed by atoms with Crippen molar-refractivity contribution in [2.75, 3.05) is 50.8 Å². The molecule has 4 aliphatic heterocycles. The number of aromatic nitrogens is 4. The first-order valence-corrected chi connectivity index (χ1v) is 27.1. The van der Waals surface area contributed by atoms with Gasteiger partial charge in [-0.2, -0.15) is 9.97 Å². The lowest BCUT2D eigenvalue weighted by Gasteiger charge is -2.35. The normalized spacial score (nSPS) is 21.1. The molecule has 0 saturated carbocycles. The van der Waals surface area contributed by atoms with Crippen LogP contribution in [-0.2, 0) is 20.9 Å². The first kappa shape index (κ1) is 52.6. The number of nitrogens with zero attached hydrogens (tertiary/aromatic N) is 7. The molecule has 3 aromatic carbocycles. The van der Waals surface area contributed by atoms with Crippen LogP contribution in [0.2, 0.25) is 0 Å². The Bertz CT molecular complexity index is 3200. The van der Waals surface area contributed by atoms with E-state index in [-0.39, 0.29) is 114 Å². The lowest BCUT2D eigenvalue weighted by molar-refractivity contribution is -0.144. The fraction of sp³-hybridized carbons (Fsp3) is 0.456. The maximum absolute atomic E-state index is 17.1. The minimum Gasteiger partial charge on any atom is -0.508 e. The standard InChI is InChI=1S/C57H64F2N10O6S/c1-6-41-45(58)18-15-35-21-39(70)22-42(48(35)41)50-49(59)51-43(25-61-50)53(68-27-36-16-17-37(28-68)64-36)66-56(65-51)75-30-38-9-7-19-67(38)20-8-10-47(72)60-26-44(57(3,4)5)55(74)69-29-40(71)23-46(69)54(73)62-24-33-11-13-34(14-12-33)52-32(2)63-31-76-52/h1,11-15,18,21-22,25,31,36-38,40,44,46,64,70-71H,7-10,16-17,19-20,23-24,26-30H2,2-5H3,(H,60,72)(H,62,73)/t36?,37?,38-,40-,44-,46+/m0/s1. The van der Waals surface area contributed by atoms with Crippen molar-refractivity contribution in [3.05, 3.63) is 88.7 Å². The van der Waals surface area contributed by atoms with Crippen LogP contribution >= 0.6 is 11.3 Å². The van der Waals surface area contributed by atoms with Gasteiger partial charge in [0.05, 0.1) is 39.1 Å². The molecule has 0 spiro atoms. The molecule has 5 N–H and O–H groups in total. The van der Waals surface area contributed by atoms with Crippen LogP contribution in [0.15, 0.2) is 60.2 Å². The Hall–Kier alpha value is -6.85. The van der Waals surface area contributed by atoms with E-state index in [1.807, 2.05) is 57.5 Å². The lowest BCUT2D eigenvalue weighted by atomic mass is 9.79. The molecule has 6 atom stereocenters. The minimum atomic E-state index is -0.855. The summed E-state index contributed by atoms with van der Waals surface area (Å²) in [6, 6.07) is 13.0. The molecule has 0 radical (unpaired) electrons. The maximum Gasteiger partial charge on any atom is 0.319 e. The number of anilines is 1. The van der Waals surface area contributed by atoms with Crippen molar-refractivity contribution in [1.82, 2.24) is 45.7 Å². The lowest BCUT2D eigenvalue weighted by Crippen LogP contribution is -2.52. The third-order valence-electron chi connectivity index (χ3n) is 15.5. The van der Waals surface area contributed by atoms with Crippen molar-refractivity contribution in [2.45, 2.75) is 109 Å². The van der Waals surface area contributed by atoms with Gasteiger partial charge in [0, 0.05) is 80.8 Å². The number of aliphatic hydroxyl groups is 1. The average molecular weight is 1060 g/mol. The summed E-state index contributed by atoms with van der Waals surface area (Å²) < 4.78 is 38.6. The van der Waals surface area contributed by atoms with Crippen LogP contribution in [-0.4, -0.2) is 134 Å². The van der Waals surface area contributed by atoms with Gasteiger partial charge in [-0.05, 0) is 92.2 Å². The highest BCUT2D eigenvalue weighted by atomic mass is 32.1. The zero-order valence-electron chi connectivity index (χ0n) is 43.2. The summed E-state index contributed by atoms with van der Waals surface area (Å²) in [7, 11) is 0. The topological polar surface area (TPSA) is 198 Å². The van der Waals surface area contributed by atoms with Gasteiger partial charge in [-0.25, -0.2) is 13.8 Å². The quantitative estimate of drug-likeness (QED) is 0.0631. The number of thiazole rings is 1. The average Bonchev–Trinajstić information content (AvgIpc) is 4.26. The highest BCUT2D eigenvalue weighted by Crippen LogP contribution is 2.40. The van der Waals surface area contributed by atoms with Gasteiger partial charge in [-0.1, -0.05) is 57.0 Å². The summed E-state index contributed by atoms with van der Waals surface area (Å²) in [5, 5.41) is 32.1. The molecule has 10 rings (SSSR count). The van der Waals surface area contributed by atoms with Crippen LogP contribution in [0.5, 0.6) is 11.8 Å². The SMILES string of the molecule is C#Cc1c(F)ccc2cc(O)cc(-c3ncc4c(N5CC6CCC(C5)N6)nc(OC[C@@H]5CCCN5CCCC(=O)NC[C@@H](C(=O)N5C[C@@H](O)C[C@@H]5C(=O)NCc5ccc(-c6scnc6C)cc5)C(C)(C)C)nc4c3F)c12. The van der Waals surface area contributed by atoms with Gasteiger partial charge >= 0.3 is 6.01 Å². The molecule has 4 aliphatic rings. The number of β-amino-alcohol motifs (C(OH)–C–C–N with tert-alkyl or cyclic N) is 1. The van der Waals surface area contributed by atoms with Gasteiger partial charge in [-0.15, -0.1) is 17.8 Å². The number of likely N-dealkylation sites (tertiary alicyclic amines) is 2. The molecule has 0 aliphatic carbocycles. The second-order valence-electron chi connectivity index (χ2n) is 21.8. The van der Waals surface area contributed by atoms with E-state index in [0.717, 1.165) is 53.9 Å². The van der Waals surface area contributed by atoms with Crippen LogP contribution in [0.1, 0.15) is 82.5 Å². The third kappa shape index (κ3) is 11.0. The number of piperazine rings is 1. The first-order chi connectivity index (χ1) is 36.5. The zero-order chi connectivity index (χ0) is 53.4. The van der Waals surface area contributed by atoms with E-state index in [4.69, 9.17) is 16.1 Å². The van der Waals surface area contributed by atoms with Gasteiger partial charge in [-0.3, -0.25) is 24.3 Å². The van der Waals surface area contributed by atoms with Crippen LogP contribution in [0.4, 0.5) is 14.6 Å². The fourth-order valence-corrected chi connectivity index (χ4v) is 12.3. The van der Waals surface area contributed by atoms with E-state index < -0.39 is 35.1 Å². The molecule has 19 heteroatoms. The number of terminal acetylenes is 1. The number of nitrogens with one attached hydrogen (secondary N) is 3. The summed E-state index contributed by atoms with van der Waals surface area (Å²) in [5.74, 6) is -0.225. The van der Waals surface area contributed by atoms with Gasteiger partial charge in [0.1, 0.15) is 41.2 Å². The Morgan fingerprint density at radius 3 is 2.51 bits per heavy atom. The number of aromatic hydroxyl groups is 1. The number of hydrogen-bond acceptors (Lipinski definition) is 14. The second-order valence-corrected chi connectivity index (χ2v) is 22.6. The second kappa shape index (κ2) is 22.0. The Kier molecular flexibility index (Phi) is 15.2. The molecule has 3 aromatic heterocycles. The van der Waals surface area contributed by atoms with Crippen LogP contribution in [0, 0.1) is 42.2 Å². The van der Waals surface area contributed by atoms with E-state index in [1.54, 1.807) is 11.3 Å². The summed E-state index contributed by atoms with van der Waals surface area (Å²) in [4.78, 5) is 66.7. The van der Waals surface area contributed by atoms with Crippen molar-refractivity contribution < 1.29 is 38.1 Å². The number of phenols is 1. The van der Waals surface area contributed by atoms with Crippen molar-refractivity contribution in [3.8, 4) is 45.8 Å². The van der Waals surface area contributed by atoms with Gasteiger partial charge in [0.15, 0.2) is 5.82 Å². The summed E-state index contributed by atoms with van der Waals surface area (Å²) >= 11 is 1.57. The van der Waals surface area contributed by atoms with E-state index >= 15 is 8.78 Å². The summed E-state index contributed by atoms with van der Waals surface area (Å²) in [6.45, 7) is 11.0. The molecule has 398 valence electrons. The molecule has 7 heterocycles. The molecule has 2 unspecified atom stereocenters. The van der Waals surface area contributed by atoms with Crippen molar-refractivity contribution in [1.29, 1.82) is 0 Å². The van der Waals surface area contributed by atoms with Crippen molar-refractivity contribution in [3.63, 3.8) is 0 Å². The van der Waals surface area contributed by atoms with E-state index in [9.17, 15) is 24.6 Å². The molecule has 16 nitrogen and oxygen atoms in total. The van der Waals surface area contributed by atoms with E-state index in [2.05, 4.69) is 46.6 Å². The number of amides is 3. The van der Waals surface area contributed by atoms with Crippen molar-refractivity contribution in [2.24, 2.45) is 11.3 Å².